The molecular weight excluding hydrogens is 192 g/mol. The minimum atomic E-state index is -0.657. The number of nitrogens with one attached hydrogen (secondary N) is 1. The molecule has 4 nitrogen and oxygen atoms in total. The van der Waals surface area contributed by atoms with Crippen LogP contribution in [0.5, 0.6) is 0 Å². The molecule has 13 heavy (non-hydrogen) atoms. The Kier molecular flexibility index (Phi) is 3.54. The van der Waals surface area contributed by atoms with Gasteiger partial charge in [-0.2, -0.15) is 0 Å². The Morgan fingerprint density at radius 3 is 2.62 bits per heavy atom. The van der Waals surface area contributed by atoms with Crippen molar-refractivity contribution < 1.29 is 9.53 Å². The average molecular weight is 201 g/mol. The molecule has 1 aromatic rings. The molecule has 0 unspecified atom stereocenters. The Balaban J connectivity index is 2.46. The molecule has 0 fully saturated rings. The topological polar surface area (TPSA) is 64.3 Å². The Labute approximate surface area is 80.6 Å². The molecule has 0 heterocycles. The molecule has 0 spiro atoms. The standard InChI is InChI=1S/C8H9ClN2O2/c9-7-3-1-6(2-4-7)5-13-8(12)11-10/h1-4H,5,10H2,(H,11,12). The second-order valence-corrected chi connectivity index (χ2v) is 2.78. The number of ether oxygens (including phenoxy) is 1. The van der Waals surface area contributed by atoms with Gasteiger partial charge in [-0.1, -0.05) is 23.7 Å². The SMILES string of the molecule is NNC(=O)OCc1ccc(Cl)cc1. The fourth-order valence-corrected chi connectivity index (χ4v) is 0.897. The van der Waals surface area contributed by atoms with Gasteiger partial charge < -0.3 is 4.74 Å². The monoisotopic (exact) mass is 200 g/mol. The molecule has 0 saturated heterocycles. The lowest BCUT2D eigenvalue weighted by Crippen LogP contribution is -2.30. The molecule has 1 amide bonds. The Hall–Kier alpha value is -1.26. The van der Waals surface area contributed by atoms with Gasteiger partial charge in [-0.25, -0.2) is 10.6 Å². The van der Waals surface area contributed by atoms with E-state index in [0.29, 0.717) is 5.02 Å². The van der Waals surface area contributed by atoms with Crippen molar-refractivity contribution in [2.75, 3.05) is 0 Å². The minimum absolute atomic E-state index is 0.181. The van der Waals surface area contributed by atoms with E-state index < -0.39 is 6.09 Å². The van der Waals surface area contributed by atoms with Crippen LogP contribution in [-0.4, -0.2) is 6.09 Å². The molecule has 70 valence electrons. The normalized spacial score (nSPS) is 9.38. The van der Waals surface area contributed by atoms with Gasteiger partial charge in [0.1, 0.15) is 6.61 Å². The number of nitrogens with two attached hydrogens (primary N) is 1. The zero-order valence-corrected chi connectivity index (χ0v) is 7.54. The van der Waals surface area contributed by atoms with Crippen LogP contribution in [0.4, 0.5) is 4.79 Å². The Morgan fingerprint density at radius 2 is 2.08 bits per heavy atom. The van der Waals surface area contributed by atoms with E-state index in [2.05, 4.69) is 0 Å². The molecule has 0 atom stereocenters. The smallest absolute Gasteiger partial charge is 0.421 e. The van der Waals surface area contributed by atoms with Gasteiger partial charge in [0.15, 0.2) is 0 Å². The van der Waals surface area contributed by atoms with Crippen molar-refractivity contribution in [1.82, 2.24) is 5.43 Å². The van der Waals surface area contributed by atoms with Crippen molar-refractivity contribution in [3.05, 3.63) is 34.9 Å². The lowest BCUT2D eigenvalue weighted by atomic mass is 10.2. The summed E-state index contributed by atoms with van der Waals surface area (Å²) in [6.45, 7) is 0.181. The van der Waals surface area contributed by atoms with Crippen LogP contribution in [0.2, 0.25) is 5.02 Å². The lowest BCUT2D eigenvalue weighted by molar-refractivity contribution is 0.140. The molecule has 0 bridgehead atoms. The Morgan fingerprint density at radius 1 is 1.46 bits per heavy atom. The van der Waals surface area contributed by atoms with Gasteiger partial charge in [-0.15, -0.1) is 0 Å². The molecule has 0 aliphatic heterocycles. The fraction of sp³-hybridized carbons (Fsp3) is 0.125. The molecule has 1 aromatic carbocycles. The van der Waals surface area contributed by atoms with Gasteiger partial charge in [0.05, 0.1) is 0 Å². The van der Waals surface area contributed by atoms with Crippen molar-refractivity contribution in [3.8, 4) is 0 Å². The van der Waals surface area contributed by atoms with E-state index >= 15 is 0 Å². The summed E-state index contributed by atoms with van der Waals surface area (Å²) >= 11 is 5.66. The predicted molar refractivity (Wildman–Crippen MR) is 49.0 cm³/mol. The first-order valence-corrected chi connectivity index (χ1v) is 3.98. The number of hydrazine groups is 1. The fourth-order valence-electron chi connectivity index (χ4n) is 0.771. The van der Waals surface area contributed by atoms with Crippen LogP contribution in [0, 0.1) is 0 Å². The number of benzene rings is 1. The summed E-state index contributed by atoms with van der Waals surface area (Å²) in [6.07, 6.45) is -0.657. The predicted octanol–water partition coefficient (Wildman–Crippen LogP) is 1.44. The van der Waals surface area contributed by atoms with Crippen molar-refractivity contribution >= 4 is 17.7 Å². The van der Waals surface area contributed by atoms with Gasteiger partial charge in [0.2, 0.25) is 0 Å². The first kappa shape index (κ1) is 9.83. The number of carbonyl (C=O) groups is 1. The van der Waals surface area contributed by atoms with Crippen molar-refractivity contribution in [2.24, 2.45) is 5.84 Å². The number of rotatable bonds is 2. The van der Waals surface area contributed by atoms with E-state index in [4.69, 9.17) is 22.2 Å². The van der Waals surface area contributed by atoms with E-state index in [1.54, 1.807) is 24.3 Å². The van der Waals surface area contributed by atoms with E-state index in [0.717, 1.165) is 5.56 Å². The number of halogens is 1. The van der Waals surface area contributed by atoms with Gasteiger partial charge in [0, 0.05) is 5.02 Å². The zero-order valence-electron chi connectivity index (χ0n) is 6.79. The van der Waals surface area contributed by atoms with E-state index in [9.17, 15) is 4.79 Å². The summed E-state index contributed by atoms with van der Waals surface area (Å²) in [5.74, 6) is 4.81. The molecule has 0 radical (unpaired) electrons. The second-order valence-electron chi connectivity index (χ2n) is 2.35. The van der Waals surface area contributed by atoms with Crippen LogP contribution in [0.25, 0.3) is 0 Å². The maximum Gasteiger partial charge on any atom is 0.421 e. The molecule has 0 aliphatic rings. The number of amides is 1. The molecular formula is C8H9ClN2O2. The molecule has 0 saturated carbocycles. The molecule has 3 N–H and O–H groups in total. The highest BCUT2D eigenvalue weighted by atomic mass is 35.5. The first-order chi connectivity index (χ1) is 6.22. The minimum Gasteiger partial charge on any atom is -0.444 e. The van der Waals surface area contributed by atoms with E-state index in [1.165, 1.54) is 0 Å². The third-order valence-corrected chi connectivity index (χ3v) is 1.65. The highest BCUT2D eigenvalue weighted by molar-refractivity contribution is 6.30. The molecule has 5 heteroatoms. The third-order valence-electron chi connectivity index (χ3n) is 1.40. The summed E-state index contributed by atoms with van der Waals surface area (Å²) in [5, 5.41) is 0.645. The van der Waals surface area contributed by atoms with Gasteiger partial charge in [0.25, 0.3) is 0 Å². The Bertz CT molecular complexity index is 287. The second kappa shape index (κ2) is 4.69. The summed E-state index contributed by atoms with van der Waals surface area (Å²) in [7, 11) is 0. The van der Waals surface area contributed by atoms with Crippen molar-refractivity contribution in [2.45, 2.75) is 6.61 Å². The van der Waals surface area contributed by atoms with Gasteiger partial charge in [-0.05, 0) is 17.7 Å². The molecule has 1 rings (SSSR count). The zero-order chi connectivity index (χ0) is 9.68. The summed E-state index contributed by atoms with van der Waals surface area (Å²) in [5.41, 5.74) is 2.71. The van der Waals surface area contributed by atoms with Gasteiger partial charge in [-0.3, -0.25) is 5.43 Å². The van der Waals surface area contributed by atoms with Crippen LogP contribution in [-0.2, 0) is 11.3 Å². The summed E-state index contributed by atoms with van der Waals surface area (Å²) in [6, 6.07) is 6.99. The maximum atomic E-state index is 10.6. The summed E-state index contributed by atoms with van der Waals surface area (Å²) < 4.78 is 4.70. The van der Waals surface area contributed by atoms with Crippen LogP contribution >= 0.6 is 11.6 Å². The first-order valence-electron chi connectivity index (χ1n) is 3.60. The molecule has 0 aromatic heterocycles. The molecule has 0 aliphatic carbocycles. The van der Waals surface area contributed by atoms with E-state index in [1.807, 2.05) is 5.43 Å². The number of carbonyl (C=O) groups excluding carboxylic acids is 1. The van der Waals surface area contributed by atoms with Crippen LogP contribution in [0.3, 0.4) is 0 Å². The highest BCUT2D eigenvalue weighted by Gasteiger charge is 1.98. The quantitative estimate of drug-likeness (QED) is 0.431. The van der Waals surface area contributed by atoms with Crippen LogP contribution in [0.1, 0.15) is 5.56 Å². The van der Waals surface area contributed by atoms with Crippen LogP contribution in [0.15, 0.2) is 24.3 Å². The number of hydrogen-bond acceptors (Lipinski definition) is 3. The van der Waals surface area contributed by atoms with E-state index in [-0.39, 0.29) is 6.61 Å². The largest absolute Gasteiger partial charge is 0.444 e. The highest BCUT2D eigenvalue weighted by Crippen LogP contribution is 2.09. The number of hydrogen-bond donors (Lipinski definition) is 2. The van der Waals surface area contributed by atoms with Crippen molar-refractivity contribution in [1.29, 1.82) is 0 Å². The lowest BCUT2D eigenvalue weighted by Gasteiger charge is -2.03. The maximum absolute atomic E-state index is 10.6. The van der Waals surface area contributed by atoms with Gasteiger partial charge >= 0.3 is 6.09 Å². The average Bonchev–Trinajstić information content (AvgIpc) is 2.16. The third kappa shape index (κ3) is 3.31. The summed E-state index contributed by atoms with van der Waals surface area (Å²) in [4.78, 5) is 10.6. The van der Waals surface area contributed by atoms with Crippen molar-refractivity contribution in [3.63, 3.8) is 0 Å². The van der Waals surface area contributed by atoms with Crippen LogP contribution < -0.4 is 11.3 Å².